The van der Waals surface area contributed by atoms with Crippen LogP contribution in [0.15, 0.2) is 66.7 Å². The molecule has 1 amide bonds. The first-order valence-corrected chi connectivity index (χ1v) is 12.6. The molecule has 1 atom stereocenters. The molecule has 4 aromatic rings. The molecule has 1 heterocycles. The molecule has 6 nitrogen and oxygen atoms in total. The molecular formula is C30H35N3O3. The predicted molar refractivity (Wildman–Crippen MR) is 144 cm³/mol. The number of carbonyl (C=O) groups excluding carboxylic acids is 1. The molecule has 0 saturated heterocycles. The standard InChI is InChI=1S/C30H35N3O3/c1-21-15-16-23(3)28(19-21)36-20-29(34)31-24(4)30-32-25-12-6-7-13-26(25)33(30)17-9-10-18-35-27-14-8-5-11-22(27)2/h5-8,11-16,19,24H,9-10,17-18,20H2,1-4H3,(H,31,34). The average molecular weight is 486 g/mol. The number of benzene rings is 3. The Morgan fingerprint density at radius 1 is 0.917 bits per heavy atom. The molecule has 0 fully saturated rings. The molecule has 6 heteroatoms. The fourth-order valence-corrected chi connectivity index (χ4v) is 4.29. The maximum absolute atomic E-state index is 12.7. The first kappa shape index (κ1) is 25.3. The zero-order valence-electron chi connectivity index (χ0n) is 21.6. The Labute approximate surface area is 213 Å². The lowest BCUT2D eigenvalue weighted by Gasteiger charge is -2.17. The normalized spacial score (nSPS) is 11.9. The highest BCUT2D eigenvalue weighted by atomic mass is 16.5. The highest BCUT2D eigenvalue weighted by Gasteiger charge is 2.18. The van der Waals surface area contributed by atoms with Crippen LogP contribution in [0.2, 0.25) is 0 Å². The smallest absolute Gasteiger partial charge is 0.258 e. The number of para-hydroxylation sites is 3. The monoisotopic (exact) mass is 485 g/mol. The van der Waals surface area contributed by atoms with Gasteiger partial charge in [-0.05, 0) is 81.5 Å². The summed E-state index contributed by atoms with van der Waals surface area (Å²) in [7, 11) is 0. The Hall–Kier alpha value is -3.80. The van der Waals surface area contributed by atoms with E-state index >= 15 is 0 Å². The molecule has 1 aromatic heterocycles. The van der Waals surface area contributed by atoms with Gasteiger partial charge < -0.3 is 19.4 Å². The summed E-state index contributed by atoms with van der Waals surface area (Å²) < 4.78 is 14.0. The third-order valence-corrected chi connectivity index (χ3v) is 6.28. The van der Waals surface area contributed by atoms with Crippen molar-refractivity contribution in [2.24, 2.45) is 0 Å². The molecule has 0 bridgehead atoms. The van der Waals surface area contributed by atoms with Crippen LogP contribution < -0.4 is 14.8 Å². The first-order valence-electron chi connectivity index (χ1n) is 12.6. The minimum Gasteiger partial charge on any atom is -0.493 e. The van der Waals surface area contributed by atoms with Gasteiger partial charge in [0.05, 0.1) is 23.7 Å². The predicted octanol–water partition coefficient (Wildman–Crippen LogP) is 6.08. The van der Waals surface area contributed by atoms with Gasteiger partial charge in [0.25, 0.3) is 5.91 Å². The second kappa shape index (κ2) is 11.8. The number of hydrogen-bond acceptors (Lipinski definition) is 4. The van der Waals surface area contributed by atoms with E-state index in [1.54, 1.807) is 0 Å². The van der Waals surface area contributed by atoms with Crippen LogP contribution in [0.4, 0.5) is 0 Å². The van der Waals surface area contributed by atoms with E-state index in [0.717, 1.165) is 64.4 Å². The number of nitrogens with zero attached hydrogens (tertiary/aromatic N) is 2. The molecule has 3 aromatic carbocycles. The van der Waals surface area contributed by atoms with E-state index in [4.69, 9.17) is 14.5 Å². The van der Waals surface area contributed by atoms with Gasteiger partial charge in [-0.25, -0.2) is 4.98 Å². The lowest BCUT2D eigenvalue weighted by molar-refractivity contribution is -0.123. The van der Waals surface area contributed by atoms with Crippen molar-refractivity contribution in [3.8, 4) is 11.5 Å². The largest absolute Gasteiger partial charge is 0.493 e. The quantitative estimate of drug-likeness (QED) is 0.262. The lowest BCUT2D eigenvalue weighted by atomic mass is 10.1. The van der Waals surface area contributed by atoms with Gasteiger partial charge >= 0.3 is 0 Å². The van der Waals surface area contributed by atoms with Crippen LogP contribution in [0.25, 0.3) is 11.0 Å². The number of carbonyl (C=O) groups is 1. The Balaban J connectivity index is 1.37. The highest BCUT2D eigenvalue weighted by Crippen LogP contribution is 2.23. The van der Waals surface area contributed by atoms with E-state index in [2.05, 4.69) is 28.9 Å². The molecule has 0 aliphatic heterocycles. The maximum atomic E-state index is 12.7. The summed E-state index contributed by atoms with van der Waals surface area (Å²) in [6.45, 7) is 9.43. The third kappa shape index (κ3) is 6.25. The van der Waals surface area contributed by atoms with Gasteiger partial charge in [-0.1, -0.05) is 42.5 Å². The van der Waals surface area contributed by atoms with Gasteiger partial charge in [0.15, 0.2) is 6.61 Å². The Morgan fingerprint density at radius 3 is 2.50 bits per heavy atom. The van der Waals surface area contributed by atoms with E-state index in [-0.39, 0.29) is 18.6 Å². The molecule has 1 N–H and O–H groups in total. The van der Waals surface area contributed by atoms with Gasteiger partial charge in [0, 0.05) is 6.54 Å². The molecule has 1 unspecified atom stereocenters. The number of hydrogen-bond donors (Lipinski definition) is 1. The number of fused-ring (bicyclic) bond motifs is 1. The highest BCUT2D eigenvalue weighted by molar-refractivity contribution is 5.79. The van der Waals surface area contributed by atoms with Crippen molar-refractivity contribution in [2.75, 3.05) is 13.2 Å². The zero-order chi connectivity index (χ0) is 25.5. The number of ether oxygens (including phenoxy) is 2. The summed E-state index contributed by atoms with van der Waals surface area (Å²) in [5.41, 5.74) is 5.25. The molecular weight excluding hydrogens is 450 g/mol. The van der Waals surface area contributed by atoms with Crippen LogP contribution in [0.3, 0.4) is 0 Å². The van der Waals surface area contributed by atoms with Crippen molar-refractivity contribution in [3.05, 3.63) is 89.2 Å². The summed E-state index contributed by atoms with van der Waals surface area (Å²) in [4.78, 5) is 17.5. The first-order chi connectivity index (χ1) is 17.4. The third-order valence-electron chi connectivity index (χ3n) is 6.28. The summed E-state index contributed by atoms with van der Waals surface area (Å²) in [6.07, 6.45) is 1.86. The fourth-order valence-electron chi connectivity index (χ4n) is 4.29. The molecule has 0 spiro atoms. The zero-order valence-corrected chi connectivity index (χ0v) is 21.6. The topological polar surface area (TPSA) is 65.4 Å². The van der Waals surface area contributed by atoms with Crippen LogP contribution in [0, 0.1) is 20.8 Å². The van der Waals surface area contributed by atoms with Crippen molar-refractivity contribution in [2.45, 2.75) is 53.1 Å². The molecule has 0 radical (unpaired) electrons. The minimum atomic E-state index is -0.254. The van der Waals surface area contributed by atoms with Crippen molar-refractivity contribution < 1.29 is 14.3 Å². The van der Waals surface area contributed by atoms with E-state index in [9.17, 15) is 4.79 Å². The van der Waals surface area contributed by atoms with E-state index in [0.29, 0.717) is 6.61 Å². The van der Waals surface area contributed by atoms with Crippen molar-refractivity contribution in [1.82, 2.24) is 14.9 Å². The Kier molecular flexibility index (Phi) is 8.26. The number of rotatable bonds is 11. The number of imidazole rings is 1. The van der Waals surface area contributed by atoms with Gasteiger partial charge in [0.2, 0.25) is 0 Å². The van der Waals surface area contributed by atoms with E-state index in [1.165, 1.54) is 0 Å². The van der Waals surface area contributed by atoms with Crippen molar-refractivity contribution >= 4 is 16.9 Å². The van der Waals surface area contributed by atoms with E-state index < -0.39 is 0 Å². The number of aryl methyl sites for hydroxylation is 4. The minimum absolute atomic E-state index is 0.0366. The van der Waals surface area contributed by atoms with Gasteiger partial charge in [0.1, 0.15) is 17.3 Å². The second-order valence-corrected chi connectivity index (χ2v) is 9.28. The lowest BCUT2D eigenvalue weighted by Crippen LogP contribution is -2.32. The van der Waals surface area contributed by atoms with Crippen molar-refractivity contribution in [1.29, 1.82) is 0 Å². The number of unbranched alkanes of at least 4 members (excludes halogenated alkanes) is 1. The number of aromatic nitrogens is 2. The summed E-state index contributed by atoms with van der Waals surface area (Å²) >= 11 is 0. The Morgan fingerprint density at radius 2 is 1.67 bits per heavy atom. The SMILES string of the molecule is Cc1ccc(C)c(OCC(=O)NC(C)c2nc3ccccc3n2CCCCOc2ccccc2C)c1. The number of nitrogens with one attached hydrogen (secondary N) is 1. The van der Waals surface area contributed by atoms with Crippen molar-refractivity contribution in [3.63, 3.8) is 0 Å². The maximum Gasteiger partial charge on any atom is 0.258 e. The van der Waals surface area contributed by atoms with Crippen LogP contribution >= 0.6 is 0 Å². The fraction of sp³-hybridized carbons (Fsp3) is 0.333. The molecule has 36 heavy (non-hydrogen) atoms. The van der Waals surface area contributed by atoms with Crippen LogP contribution in [0.5, 0.6) is 11.5 Å². The van der Waals surface area contributed by atoms with Crippen LogP contribution in [-0.2, 0) is 11.3 Å². The summed E-state index contributed by atoms with van der Waals surface area (Å²) in [5, 5.41) is 3.06. The summed E-state index contributed by atoms with van der Waals surface area (Å²) in [5.74, 6) is 2.34. The summed E-state index contributed by atoms with van der Waals surface area (Å²) in [6, 6.07) is 21.9. The van der Waals surface area contributed by atoms with Crippen LogP contribution in [-0.4, -0.2) is 28.7 Å². The molecule has 0 aliphatic rings. The van der Waals surface area contributed by atoms with E-state index in [1.807, 2.05) is 75.4 Å². The second-order valence-electron chi connectivity index (χ2n) is 9.28. The Bertz CT molecular complexity index is 1330. The molecule has 0 aliphatic carbocycles. The average Bonchev–Trinajstić information content (AvgIpc) is 3.24. The van der Waals surface area contributed by atoms with Gasteiger partial charge in [-0.15, -0.1) is 0 Å². The molecule has 188 valence electrons. The number of amides is 1. The van der Waals surface area contributed by atoms with Gasteiger partial charge in [-0.3, -0.25) is 4.79 Å². The van der Waals surface area contributed by atoms with Gasteiger partial charge in [-0.2, -0.15) is 0 Å². The molecule has 0 saturated carbocycles. The molecule has 4 rings (SSSR count). The van der Waals surface area contributed by atoms with Crippen LogP contribution in [0.1, 0.15) is 48.3 Å².